The first-order valence-corrected chi connectivity index (χ1v) is 11.1. The average Bonchev–Trinajstić information content (AvgIpc) is 3.20. The van der Waals surface area contributed by atoms with Crippen molar-refractivity contribution in [2.75, 3.05) is 5.32 Å². The number of ether oxygens (including phenoxy) is 1. The molecule has 5 aromatic rings. The van der Waals surface area contributed by atoms with E-state index in [9.17, 15) is 14.0 Å². The molecule has 0 radical (unpaired) electrons. The number of hydrogen-bond donors (Lipinski definition) is 1. The molecule has 0 unspecified atom stereocenters. The minimum Gasteiger partial charge on any atom is -0.489 e. The predicted octanol–water partition coefficient (Wildman–Crippen LogP) is 5.02. The van der Waals surface area contributed by atoms with Gasteiger partial charge in [0.15, 0.2) is 0 Å². The lowest BCUT2D eigenvalue weighted by atomic mass is 10.2. The van der Waals surface area contributed by atoms with Crippen LogP contribution in [0.2, 0.25) is 0 Å². The molecule has 1 amide bonds. The lowest BCUT2D eigenvalue weighted by Gasteiger charge is -2.08. The van der Waals surface area contributed by atoms with Crippen LogP contribution in [-0.4, -0.2) is 20.0 Å². The minimum atomic E-state index is -0.340. The highest BCUT2D eigenvalue weighted by Crippen LogP contribution is 2.23. The zero-order valence-electron chi connectivity index (χ0n) is 19.1. The summed E-state index contributed by atoms with van der Waals surface area (Å²) in [5, 5.41) is 2.72. The summed E-state index contributed by atoms with van der Waals surface area (Å²) in [4.78, 5) is 29.6. The number of nitrogens with zero attached hydrogens (tertiary/aromatic N) is 3. The van der Waals surface area contributed by atoms with Crippen LogP contribution in [0.3, 0.4) is 0 Å². The molecule has 0 saturated heterocycles. The highest BCUT2D eigenvalue weighted by molar-refractivity contribution is 5.99. The standard InChI is InChI=1S/C28H21FN4O3/c1-2-27(34)31-21-4-3-5-23(16-21)33-25-14-15-30-17-26(25)32(28(33)35)22-10-12-24(13-11-22)36-18-19-6-8-20(29)9-7-19/h2-17H,1,18H2,(H,31,34). The van der Waals surface area contributed by atoms with Crippen molar-refractivity contribution in [1.29, 1.82) is 0 Å². The predicted molar refractivity (Wildman–Crippen MR) is 136 cm³/mol. The number of imidazole rings is 1. The molecule has 3 aromatic carbocycles. The number of fused-ring (bicyclic) bond motifs is 1. The van der Waals surface area contributed by atoms with Crippen LogP contribution in [0.4, 0.5) is 10.1 Å². The molecular formula is C28H21FN4O3. The van der Waals surface area contributed by atoms with E-state index in [4.69, 9.17) is 4.74 Å². The Labute approximate surface area is 205 Å². The van der Waals surface area contributed by atoms with Gasteiger partial charge in [-0.2, -0.15) is 0 Å². The normalized spacial score (nSPS) is 10.8. The van der Waals surface area contributed by atoms with Gasteiger partial charge in [0.25, 0.3) is 0 Å². The maximum absolute atomic E-state index is 13.6. The van der Waals surface area contributed by atoms with Crippen molar-refractivity contribution in [3.63, 3.8) is 0 Å². The van der Waals surface area contributed by atoms with Crippen molar-refractivity contribution >= 4 is 22.6 Å². The maximum Gasteiger partial charge on any atom is 0.338 e. The van der Waals surface area contributed by atoms with Gasteiger partial charge in [-0.1, -0.05) is 24.8 Å². The quantitative estimate of drug-likeness (QED) is 0.332. The molecule has 0 aliphatic carbocycles. The molecule has 0 spiro atoms. The van der Waals surface area contributed by atoms with Gasteiger partial charge in [-0.3, -0.25) is 18.9 Å². The number of hydrogen-bond acceptors (Lipinski definition) is 4. The summed E-state index contributed by atoms with van der Waals surface area (Å²) in [7, 11) is 0. The Kier molecular flexibility index (Phi) is 6.15. The number of anilines is 1. The third-order valence-electron chi connectivity index (χ3n) is 5.61. The Bertz CT molecular complexity index is 1620. The van der Waals surface area contributed by atoms with Gasteiger partial charge < -0.3 is 10.1 Å². The van der Waals surface area contributed by atoms with E-state index in [0.29, 0.717) is 40.5 Å². The summed E-state index contributed by atoms with van der Waals surface area (Å²) in [5.41, 5.74) is 3.63. The van der Waals surface area contributed by atoms with Gasteiger partial charge in [0.2, 0.25) is 5.91 Å². The summed E-state index contributed by atoms with van der Waals surface area (Å²) < 4.78 is 22.0. The van der Waals surface area contributed by atoms with Gasteiger partial charge >= 0.3 is 5.69 Å². The second kappa shape index (κ2) is 9.71. The molecule has 1 N–H and O–H groups in total. The maximum atomic E-state index is 13.6. The zero-order chi connectivity index (χ0) is 25.1. The monoisotopic (exact) mass is 480 g/mol. The molecule has 2 aromatic heterocycles. The first-order valence-electron chi connectivity index (χ1n) is 11.1. The smallest absolute Gasteiger partial charge is 0.338 e. The lowest BCUT2D eigenvalue weighted by molar-refractivity contribution is -0.111. The number of carbonyl (C=O) groups is 1. The second-order valence-corrected chi connectivity index (χ2v) is 7.97. The fourth-order valence-corrected chi connectivity index (χ4v) is 3.90. The van der Waals surface area contributed by atoms with Crippen LogP contribution >= 0.6 is 0 Å². The Morgan fingerprint density at radius 2 is 1.72 bits per heavy atom. The Hall–Kier alpha value is -4.98. The Morgan fingerprint density at radius 3 is 2.47 bits per heavy atom. The van der Waals surface area contributed by atoms with Crippen molar-refractivity contribution in [2.24, 2.45) is 0 Å². The number of carbonyl (C=O) groups excluding carboxylic acids is 1. The molecule has 36 heavy (non-hydrogen) atoms. The van der Waals surface area contributed by atoms with Crippen molar-refractivity contribution in [1.82, 2.24) is 14.1 Å². The van der Waals surface area contributed by atoms with Gasteiger partial charge in [0.1, 0.15) is 18.2 Å². The topological polar surface area (TPSA) is 78.2 Å². The molecule has 8 heteroatoms. The molecular weight excluding hydrogens is 459 g/mol. The molecule has 0 bridgehead atoms. The van der Waals surface area contributed by atoms with Crippen LogP contribution in [0.25, 0.3) is 22.4 Å². The zero-order valence-corrected chi connectivity index (χ0v) is 19.1. The van der Waals surface area contributed by atoms with E-state index in [-0.39, 0.29) is 17.4 Å². The van der Waals surface area contributed by atoms with Gasteiger partial charge in [-0.05, 0) is 72.3 Å². The highest BCUT2D eigenvalue weighted by atomic mass is 19.1. The van der Waals surface area contributed by atoms with Crippen LogP contribution in [0.15, 0.2) is 109 Å². The molecule has 0 aliphatic rings. The molecule has 0 fully saturated rings. The highest BCUT2D eigenvalue weighted by Gasteiger charge is 2.16. The molecule has 0 saturated carbocycles. The third-order valence-corrected chi connectivity index (χ3v) is 5.61. The van der Waals surface area contributed by atoms with Crippen LogP contribution in [0.5, 0.6) is 5.75 Å². The molecule has 0 aliphatic heterocycles. The van der Waals surface area contributed by atoms with Crippen LogP contribution in [-0.2, 0) is 11.4 Å². The second-order valence-electron chi connectivity index (χ2n) is 7.97. The van der Waals surface area contributed by atoms with E-state index in [1.165, 1.54) is 18.2 Å². The summed E-state index contributed by atoms with van der Waals surface area (Å²) in [6.45, 7) is 3.76. The van der Waals surface area contributed by atoms with Crippen LogP contribution in [0, 0.1) is 5.82 Å². The summed E-state index contributed by atoms with van der Waals surface area (Å²) in [6, 6.07) is 22.0. The number of amides is 1. The van der Waals surface area contributed by atoms with Crippen LogP contribution < -0.4 is 15.7 Å². The van der Waals surface area contributed by atoms with Crippen LogP contribution in [0.1, 0.15) is 5.56 Å². The fraction of sp³-hybridized carbons (Fsp3) is 0.0357. The number of aromatic nitrogens is 3. The fourth-order valence-electron chi connectivity index (χ4n) is 3.90. The molecule has 7 nitrogen and oxygen atoms in total. The van der Waals surface area contributed by atoms with Gasteiger partial charge in [0.05, 0.1) is 28.6 Å². The SMILES string of the molecule is C=CC(=O)Nc1cccc(-n2c(=O)n(-c3ccc(OCc4ccc(F)cc4)cc3)c3cnccc32)c1. The molecule has 5 rings (SSSR count). The summed E-state index contributed by atoms with van der Waals surface area (Å²) in [5.74, 6) is -0.0213. The first-order chi connectivity index (χ1) is 17.5. The Balaban J connectivity index is 1.49. The van der Waals surface area contributed by atoms with E-state index in [1.54, 1.807) is 88.3 Å². The number of halogens is 1. The molecule has 2 heterocycles. The Morgan fingerprint density at radius 1 is 0.972 bits per heavy atom. The molecule has 178 valence electrons. The number of rotatable bonds is 7. The van der Waals surface area contributed by atoms with Gasteiger partial charge in [0, 0.05) is 11.9 Å². The van der Waals surface area contributed by atoms with E-state index in [2.05, 4.69) is 16.9 Å². The van der Waals surface area contributed by atoms with Crippen molar-refractivity contribution in [2.45, 2.75) is 6.61 Å². The average molecular weight is 480 g/mol. The van der Waals surface area contributed by atoms with E-state index < -0.39 is 0 Å². The number of nitrogens with one attached hydrogen (secondary N) is 1. The molecule has 0 atom stereocenters. The lowest BCUT2D eigenvalue weighted by Crippen LogP contribution is -2.22. The number of pyridine rings is 1. The van der Waals surface area contributed by atoms with Gasteiger partial charge in [-0.15, -0.1) is 0 Å². The van der Waals surface area contributed by atoms with Crippen molar-refractivity contribution in [3.8, 4) is 17.1 Å². The minimum absolute atomic E-state index is 0.287. The third kappa shape index (κ3) is 4.52. The van der Waals surface area contributed by atoms with Gasteiger partial charge in [-0.25, -0.2) is 9.18 Å². The summed E-state index contributed by atoms with van der Waals surface area (Å²) >= 11 is 0. The van der Waals surface area contributed by atoms with E-state index >= 15 is 0 Å². The largest absolute Gasteiger partial charge is 0.489 e. The van der Waals surface area contributed by atoms with E-state index in [0.717, 1.165) is 5.56 Å². The van der Waals surface area contributed by atoms with Crippen molar-refractivity contribution in [3.05, 3.63) is 126 Å². The summed E-state index contributed by atoms with van der Waals surface area (Å²) in [6.07, 6.45) is 4.44. The van der Waals surface area contributed by atoms with E-state index in [1.807, 2.05) is 0 Å². The van der Waals surface area contributed by atoms with Crippen molar-refractivity contribution < 1.29 is 13.9 Å². The first kappa shape index (κ1) is 22.8. The number of benzene rings is 3.